The third-order valence-corrected chi connectivity index (χ3v) is 8.10. The van der Waals surface area contributed by atoms with Crippen LogP contribution in [0.5, 0.6) is 17.6 Å². The van der Waals surface area contributed by atoms with Gasteiger partial charge in [-0.25, -0.2) is 0 Å². The number of azo groups is 1. The van der Waals surface area contributed by atoms with E-state index in [-0.39, 0.29) is 22.2 Å². The van der Waals surface area contributed by atoms with Gasteiger partial charge in [-0.2, -0.15) is 15.1 Å². The zero-order valence-corrected chi connectivity index (χ0v) is 26.1. The van der Waals surface area contributed by atoms with Crippen molar-refractivity contribution in [3.8, 4) is 17.6 Å². The minimum absolute atomic E-state index is 0.0371. The quantitative estimate of drug-likeness (QED) is 0.115. The maximum atomic E-state index is 13.5. The summed E-state index contributed by atoms with van der Waals surface area (Å²) in [5.74, 6) is -1.17. The van der Waals surface area contributed by atoms with Crippen molar-refractivity contribution in [2.75, 3.05) is 10.6 Å². The van der Waals surface area contributed by atoms with E-state index in [9.17, 15) is 20.1 Å². The summed E-state index contributed by atoms with van der Waals surface area (Å²) in [7, 11) is 0. The van der Waals surface area contributed by atoms with E-state index in [1.54, 1.807) is 30.3 Å². The van der Waals surface area contributed by atoms with Crippen LogP contribution < -0.4 is 10.6 Å². The highest BCUT2D eigenvalue weighted by atomic mass is 35.5. The summed E-state index contributed by atoms with van der Waals surface area (Å²) in [6.45, 7) is 7.83. The molecule has 6 rings (SSSR count). The summed E-state index contributed by atoms with van der Waals surface area (Å²) < 4.78 is 0. The molecule has 230 valence electrons. The fraction of sp³-hybridized carbons (Fsp3) is 0.114. The second-order valence-electron chi connectivity index (χ2n) is 11.1. The molecule has 0 atom stereocenters. The van der Waals surface area contributed by atoms with Crippen LogP contribution in [0.25, 0.3) is 21.5 Å². The summed E-state index contributed by atoms with van der Waals surface area (Å²) in [5.41, 5.74) is 5.87. The molecule has 1 amide bonds. The van der Waals surface area contributed by atoms with Crippen LogP contribution in [0.3, 0.4) is 0 Å². The summed E-state index contributed by atoms with van der Waals surface area (Å²) in [6.07, 6.45) is 0. The molecule has 0 spiro atoms. The fourth-order valence-corrected chi connectivity index (χ4v) is 5.60. The number of aryl methyl sites for hydroxylation is 4. The summed E-state index contributed by atoms with van der Waals surface area (Å²) >= 11 is 6.06. The predicted molar refractivity (Wildman–Crippen MR) is 181 cm³/mol. The van der Waals surface area contributed by atoms with Gasteiger partial charge in [0.05, 0.1) is 11.4 Å². The highest BCUT2D eigenvalue weighted by Crippen LogP contribution is 2.43. The monoisotopic (exact) mass is 632 g/mol. The lowest BCUT2D eigenvalue weighted by atomic mass is 10.00. The van der Waals surface area contributed by atoms with Crippen LogP contribution in [-0.2, 0) is 0 Å². The number of hydrogen-bond donors (Lipinski definition) is 5. The van der Waals surface area contributed by atoms with Gasteiger partial charge in [-0.3, -0.25) is 4.79 Å². The number of hydrogen-bond acceptors (Lipinski definition) is 9. The molecule has 0 bridgehead atoms. The largest absolute Gasteiger partial charge is 0.505 e. The van der Waals surface area contributed by atoms with E-state index in [0.717, 1.165) is 32.8 Å². The molecule has 0 unspecified atom stereocenters. The molecular weight excluding hydrogens is 604 g/mol. The average molecular weight is 633 g/mol. The smallest absolute Gasteiger partial charge is 0.319 e. The van der Waals surface area contributed by atoms with Gasteiger partial charge in [0.25, 0.3) is 5.91 Å². The van der Waals surface area contributed by atoms with Crippen LogP contribution in [0.4, 0.5) is 28.6 Å². The van der Waals surface area contributed by atoms with Crippen molar-refractivity contribution in [2.24, 2.45) is 10.2 Å². The van der Waals surface area contributed by atoms with Gasteiger partial charge in [-0.1, -0.05) is 48.0 Å². The van der Waals surface area contributed by atoms with Crippen LogP contribution in [0, 0.1) is 27.7 Å². The Kier molecular flexibility index (Phi) is 7.89. The summed E-state index contributed by atoms with van der Waals surface area (Å²) in [6, 6.07) is 21.5. The number of fused-ring (bicyclic) bond motifs is 2. The molecule has 0 aliphatic heterocycles. The molecule has 0 radical (unpaired) electrons. The summed E-state index contributed by atoms with van der Waals surface area (Å²) in [5, 5.41) is 49.0. The van der Waals surface area contributed by atoms with Gasteiger partial charge in [0.2, 0.25) is 5.88 Å². The molecule has 1 heterocycles. The molecule has 0 fully saturated rings. The van der Waals surface area contributed by atoms with Crippen molar-refractivity contribution in [3.63, 3.8) is 0 Å². The van der Waals surface area contributed by atoms with Crippen LogP contribution >= 0.6 is 11.6 Å². The van der Waals surface area contributed by atoms with Crippen molar-refractivity contribution in [2.45, 2.75) is 27.7 Å². The fourth-order valence-electron chi connectivity index (χ4n) is 5.47. The highest BCUT2D eigenvalue weighted by molar-refractivity contribution is 6.34. The maximum absolute atomic E-state index is 13.5. The van der Waals surface area contributed by atoms with Gasteiger partial charge in [-0.15, -0.1) is 5.11 Å². The van der Waals surface area contributed by atoms with Crippen molar-refractivity contribution in [1.29, 1.82) is 0 Å². The van der Waals surface area contributed by atoms with E-state index in [0.29, 0.717) is 28.1 Å². The lowest BCUT2D eigenvalue weighted by Crippen LogP contribution is -2.12. The Bertz CT molecular complexity index is 2230. The SMILES string of the molecule is Cc1cc(NC(=O)c2cccc(Nc3nc(O)nc(O)c3Cl)c2)c2c(O)c(N=Nc3ccc4c(C)cccc4c3C)c(C)cc2c1. The molecule has 46 heavy (non-hydrogen) atoms. The number of phenolic OH excluding ortho intramolecular Hbond substituents is 1. The number of carbonyl (C=O) groups is 1. The topological polar surface area (TPSA) is 152 Å². The Morgan fingerprint density at radius 3 is 2.41 bits per heavy atom. The second-order valence-corrected chi connectivity index (χ2v) is 11.4. The minimum Gasteiger partial charge on any atom is -0.505 e. The molecule has 0 aliphatic rings. The second kappa shape index (κ2) is 12.0. The van der Waals surface area contributed by atoms with Gasteiger partial charge < -0.3 is 26.0 Å². The van der Waals surface area contributed by atoms with Crippen molar-refractivity contribution in [3.05, 3.63) is 106 Å². The minimum atomic E-state index is -0.666. The zero-order valence-electron chi connectivity index (χ0n) is 25.3. The number of anilines is 3. The van der Waals surface area contributed by atoms with Gasteiger partial charge in [0.15, 0.2) is 11.6 Å². The zero-order chi connectivity index (χ0) is 32.7. The molecule has 1 aromatic heterocycles. The number of benzene rings is 5. The molecule has 0 aliphatic carbocycles. The molecule has 5 aromatic carbocycles. The van der Waals surface area contributed by atoms with E-state index in [2.05, 4.69) is 49.9 Å². The number of nitrogens with one attached hydrogen (secondary N) is 2. The van der Waals surface area contributed by atoms with Crippen LogP contribution in [0.2, 0.25) is 5.02 Å². The van der Waals surface area contributed by atoms with Gasteiger partial charge >= 0.3 is 6.01 Å². The number of carbonyl (C=O) groups excluding carboxylic acids is 1. The first-order valence-corrected chi connectivity index (χ1v) is 14.7. The Morgan fingerprint density at radius 1 is 0.826 bits per heavy atom. The van der Waals surface area contributed by atoms with Crippen LogP contribution in [-0.4, -0.2) is 31.2 Å². The van der Waals surface area contributed by atoms with E-state index in [1.165, 1.54) is 5.56 Å². The Hall–Kier alpha value is -5.74. The Morgan fingerprint density at radius 2 is 1.61 bits per heavy atom. The molecule has 6 aromatic rings. The third kappa shape index (κ3) is 5.73. The van der Waals surface area contributed by atoms with Gasteiger partial charge in [0, 0.05) is 16.6 Å². The number of aromatic hydroxyl groups is 3. The lowest BCUT2D eigenvalue weighted by Gasteiger charge is -2.15. The molecule has 10 nitrogen and oxygen atoms in total. The standard InChI is InChI=1S/C35H29ClN6O4/c1-17-13-22-15-19(3)30(42-41-26-12-11-24-18(2)7-5-10-25(24)20(26)4)31(43)28(22)27(14-17)38-33(44)21-8-6-9-23(16-21)37-32-29(36)34(45)40-35(46)39-32/h5-16,43H,1-4H3,(H,38,44)(H3,37,39,40,45,46). The number of amides is 1. The maximum Gasteiger partial charge on any atom is 0.319 e. The highest BCUT2D eigenvalue weighted by Gasteiger charge is 2.18. The number of nitrogens with zero attached hydrogens (tertiary/aromatic N) is 4. The number of phenols is 1. The van der Waals surface area contributed by atoms with Crippen molar-refractivity contribution < 1.29 is 20.1 Å². The van der Waals surface area contributed by atoms with Crippen LogP contribution in [0.1, 0.15) is 32.6 Å². The van der Waals surface area contributed by atoms with E-state index < -0.39 is 17.8 Å². The molecule has 0 saturated heterocycles. The molecule has 0 saturated carbocycles. The number of halogens is 1. The van der Waals surface area contributed by atoms with Crippen LogP contribution in [0.15, 0.2) is 83.0 Å². The Balaban J connectivity index is 1.34. The third-order valence-electron chi connectivity index (χ3n) is 7.76. The first-order chi connectivity index (χ1) is 22.0. The number of aromatic nitrogens is 2. The first kappa shape index (κ1) is 30.3. The number of rotatable bonds is 6. The van der Waals surface area contributed by atoms with Crippen molar-refractivity contribution >= 4 is 67.6 Å². The van der Waals surface area contributed by atoms with Gasteiger partial charge in [0.1, 0.15) is 10.7 Å². The van der Waals surface area contributed by atoms with Crippen molar-refractivity contribution in [1.82, 2.24) is 9.97 Å². The summed E-state index contributed by atoms with van der Waals surface area (Å²) in [4.78, 5) is 20.7. The van der Waals surface area contributed by atoms with Gasteiger partial charge in [-0.05, 0) is 103 Å². The predicted octanol–water partition coefficient (Wildman–Crippen LogP) is 9.20. The molecule has 5 N–H and O–H groups in total. The van der Waals surface area contributed by atoms with E-state index in [1.807, 2.05) is 51.1 Å². The van der Waals surface area contributed by atoms with E-state index in [4.69, 9.17) is 11.6 Å². The Labute approximate surface area is 269 Å². The first-order valence-electron chi connectivity index (χ1n) is 14.3. The molecule has 11 heteroatoms. The van der Waals surface area contributed by atoms with E-state index >= 15 is 0 Å². The average Bonchev–Trinajstić information content (AvgIpc) is 3.00. The normalized spacial score (nSPS) is 11.4. The lowest BCUT2D eigenvalue weighted by molar-refractivity contribution is 0.102. The molecular formula is C35H29ClN6O4.